The third-order valence-corrected chi connectivity index (χ3v) is 12.9. The van der Waals surface area contributed by atoms with Crippen LogP contribution in [0.5, 0.6) is 0 Å². The van der Waals surface area contributed by atoms with Crippen LogP contribution in [0.15, 0.2) is 0 Å². The summed E-state index contributed by atoms with van der Waals surface area (Å²) in [6, 6.07) is 0. The van der Waals surface area contributed by atoms with E-state index in [9.17, 15) is 14.4 Å². The van der Waals surface area contributed by atoms with E-state index in [0.29, 0.717) is 19.3 Å². The van der Waals surface area contributed by atoms with Gasteiger partial charge in [0.05, 0.1) is 0 Å². The number of carbonyl (C=O) groups is 3. The van der Waals surface area contributed by atoms with Crippen LogP contribution in [0.1, 0.15) is 298 Å². The van der Waals surface area contributed by atoms with Gasteiger partial charge in [-0.1, -0.05) is 259 Å². The van der Waals surface area contributed by atoms with Crippen molar-refractivity contribution in [3.05, 3.63) is 0 Å². The Morgan fingerprint density at radius 3 is 0.867 bits per heavy atom. The minimum absolute atomic E-state index is 0.0636. The van der Waals surface area contributed by atoms with Crippen molar-refractivity contribution in [3.8, 4) is 0 Å². The first-order valence-corrected chi connectivity index (χ1v) is 26.8. The number of hydrogen-bond donors (Lipinski definition) is 0. The molecule has 0 rings (SSSR count). The molecule has 0 spiro atoms. The number of esters is 3. The van der Waals surface area contributed by atoms with Gasteiger partial charge >= 0.3 is 17.9 Å². The van der Waals surface area contributed by atoms with Gasteiger partial charge in [-0.05, 0) is 31.1 Å². The number of carbonyl (C=O) groups excluding carboxylic acids is 3. The van der Waals surface area contributed by atoms with Crippen molar-refractivity contribution in [1.29, 1.82) is 0 Å². The van der Waals surface area contributed by atoms with Gasteiger partial charge in [0.1, 0.15) is 13.2 Å². The molecule has 0 amide bonds. The van der Waals surface area contributed by atoms with Crippen molar-refractivity contribution in [2.24, 2.45) is 11.8 Å². The smallest absolute Gasteiger partial charge is 0.306 e. The number of unbranched alkanes of at least 4 members (excludes halogenated alkanes) is 31. The van der Waals surface area contributed by atoms with Crippen molar-refractivity contribution >= 4 is 17.9 Å². The van der Waals surface area contributed by atoms with Gasteiger partial charge in [-0.25, -0.2) is 0 Å². The van der Waals surface area contributed by atoms with Crippen LogP contribution >= 0.6 is 0 Å². The fraction of sp³-hybridized carbons (Fsp3) is 0.944. The maximum absolute atomic E-state index is 12.8. The molecule has 0 aliphatic heterocycles. The lowest BCUT2D eigenvalue weighted by Gasteiger charge is -2.18. The van der Waals surface area contributed by atoms with Crippen LogP contribution in [0.3, 0.4) is 0 Å². The first kappa shape index (κ1) is 58.4. The molecule has 0 saturated heterocycles. The molecule has 0 aromatic rings. The number of rotatable bonds is 48. The second-order valence-electron chi connectivity index (χ2n) is 19.0. The van der Waals surface area contributed by atoms with Crippen LogP contribution in [-0.4, -0.2) is 37.2 Å². The Morgan fingerprint density at radius 2 is 0.583 bits per heavy atom. The molecule has 3 atom stereocenters. The minimum atomic E-state index is -0.762. The van der Waals surface area contributed by atoms with E-state index in [1.54, 1.807) is 0 Å². The Hall–Kier alpha value is -1.59. The molecule has 0 heterocycles. The zero-order valence-corrected chi connectivity index (χ0v) is 41.1. The SMILES string of the molecule is CCCCCCCCCCCCCCC(=O)OC[C@H](COC(=O)CCCCCCCCCCC(C)CC)OC(=O)CCCCCCCCCCCCCCCCC(C)CC. The van der Waals surface area contributed by atoms with Gasteiger partial charge in [-0.2, -0.15) is 0 Å². The van der Waals surface area contributed by atoms with E-state index in [1.807, 2.05) is 0 Å². The van der Waals surface area contributed by atoms with Crippen LogP contribution in [0.2, 0.25) is 0 Å². The molecule has 0 radical (unpaired) electrons. The Bertz CT molecular complexity index is 920. The van der Waals surface area contributed by atoms with E-state index in [0.717, 1.165) is 69.6 Å². The molecule has 356 valence electrons. The lowest BCUT2D eigenvalue weighted by Crippen LogP contribution is -2.30. The predicted molar refractivity (Wildman–Crippen MR) is 256 cm³/mol. The Labute approximate surface area is 374 Å². The molecule has 0 aromatic heterocycles. The summed E-state index contributed by atoms with van der Waals surface area (Å²) in [5, 5.41) is 0. The predicted octanol–water partition coefficient (Wildman–Crippen LogP) is 17.3. The standard InChI is InChI=1S/C54H104O6/c1-6-9-10-11-12-13-14-20-23-29-34-39-44-52(55)58-47-51(48-59-53(56)45-40-35-30-26-25-28-33-38-43-50(5)8-3)60-54(57)46-41-36-31-24-21-18-16-15-17-19-22-27-32-37-42-49(4)7-2/h49-51H,6-48H2,1-5H3/t49?,50?,51-/m1/s1. The topological polar surface area (TPSA) is 78.9 Å². The molecule has 6 heteroatoms. The third-order valence-electron chi connectivity index (χ3n) is 12.9. The first-order chi connectivity index (χ1) is 29.3. The highest BCUT2D eigenvalue weighted by Gasteiger charge is 2.19. The molecule has 0 N–H and O–H groups in total. The van der Waals surface area contributed by atoms with Crippen molar-refractivity contribution in [3.63, 3.8) is 0 Å². The summed E-state index contributed by atoms with van der Waals surface area (Å²) in [4.78, 5) is 38.0. The van der Waals surface area contributed by atoms with Crippen molar-refractivity contribution in [2.75, 3.05) is 13.2 Å². The highest BCUT2D eigenvalue weighted by atomic mass is 16.6. The van der Waals surface area contributed by atoms with Gasteiger partial charge in [-0.3, -0.25) is 14.4 Å². The van der Waals surface area contributed by atoms with Gasteiger partial charge in [-0.15, -0.1) is 0 Å². The molecule has 0 saturated carbocycles. The molecular formula is C54H104O6. The van der Waals surface area contributed by atoms with Gasteiger partial charge < -0.3 is 14.2 Å². The zero-order chi connectivity index (χ0) is 44.0. The van der Waals surface area contributed by atoms with Gasteiger partial charge in [0, 0.05) is 19.3 Å². The molecule has 0 aliphatic carbocycles. The van der Waals surface area contributed by atoms with E-state index in [4.69, 9.17) is 14.2 Å². The minimum Gasteiger partial charge on any atom is -0.462 e. The maximum atomic E-state index is 12.8. The largest absolute Gasteiger partial charge is 0.462 e. The lowest BCUT2D eigenvalue weighted by molar-refractivity contribution is -0.167. The van der Waals surface area contributed by atoms with E-state index in [-0.39, 0.29) is 31.1 Å². The highest BCUT2D eigenvalue weighted by Crippen LogP contribution is 2.18. The lowest BCUT2D eigenvalue weighted by atomic mass is 9.99. The van der Waals surface area contributed by atoms with Crippen LogP contribution < -0.4 is 0 Å². The third kappa shape index (κ3) is 44.5. The zero-order valence-electron chi connectivity index (χ0n) is 41.1. The summed E-state index contributed by atoms with van der Waals surface area (Å²) in [6.07, 6.45) is 47.9. The van der Waals surface area contributed by atoms with Crippen LogP contribution in [0.25, 0.3) is 0 Å². The first-order valence-electron chi connectivity index (χ1n) is 26.8. The van der Waals surface area contributed by atoms with Gasteiger partial charge in [0.2, 0.25) is 0 Å². The molecule has 0 aromatic carbocycles. The van der Waals surface area contributed by atoms with Crippen molar-refractivity contribution in [2.45, 2.75) is 304 Å². The normalized spacial score (nSPS) is 12.9. The van der Waals surface area contributed by atoms with Crippen LogP contribution in [0.4, 0.5) is 0 Å². The monoisotopic (exact) mass is 849 g/mol. The molecule has 60 heavy (non-hydrogen) atoms. The Kier molecular flexibility index (Phi) is 45.7. The molecule has 0 fully saturated rings. The summed E-state index contributed by atoms with van der Waals surface area (Å²) >= 11 is 0. The average molecular weight is 849 g/mol. The molecule has 2 unspecified atom stereocenters. The van der Waals surface area contributed by atoms with Gasteiger partial charge in [0.25, 0.3) is 0 Å². The summed E-state index contributed by atoms with van der Waals surface area (Å²) in [5.74, 6) is 0.895. The molecule has 0 aliphatic rings. The Morgan fingerprint density at radius 1 is 0.333 bits per heavy atom. The molecule has 0 bridgehead atoms. The fourth-order valence-electron chi connectivity index (χ4n) is 8.10. The number of ether oxygens (including phenoxy) is 3. The molecular weight excluding hydrogens is 745 g/mol. The average Bonchev–Trinajstić information content (AvgIpc) is 3.25. The Balaban J connectivity index is 4.30. The van der Waals surface area contributed by atoms with Gasteiger partial charge in [0.15, 0.2) is 6.10 Å². The van der Waals surface area contributed by atoms with E-state index < -0.39 is 6.10 Å². The van der Waals surface area contributed by atoms with Crippen LogP contribution in [0, 0.1) is 11.8 Å². The fourth-order valence-corrected chi connectivity index (χ4v) is 8.10. The van der Waals surface area contributed by atoms with E-state index in [2.05, 4.69) is 34.6 Å². The quantitative estimate of drug-likeness (QED) is 0.0345. The van der Waals surface area contributed by atoms with E-state index in [1.165, 1.54) is 186 Å². The summed E-state index contributed by atoms with van der Waals surface area (Å²) < 4.78 is 16.8. The van der Waals surface area contributed by atoms with Crippen LogP contribution in [-0.2, 0) is 28.6 Å². The van der Waals surface area contributed by atoms with E-state index >= 15 is 0 Å². The maximum Gasteiger partial charge on any atom is 0.306 e. The molecule has 6 nitrogen and oxygen atoms in total. The highest BCUT2D eigenvalue weighted by molar-refractivity contribution is 5.71. The second kappa shape index (κ2) is 46.9. The summed E-state index contributed by atoms with van der Waals surface area (Å²) in [5.41, 5.74) is 0. The van der Waals surface area contributed by atoms with Crippen molar-refractivity contribution < 1.29 is 28.6 Å². The summed E-state index contributed by atoms with van der Waals surface area (Å²) in [6.45, 7) is 11.4. The number of hydrogen-bond acceptors (Lipinski definition) is 6. The second-order valence-corrected chi connectivity index (χ2v) is 19.0. The summed E-state index contributed by atoms with van der Waals surface area (Å²) in [7, 11) is 0. The van der Waals surface area contributed by atoms with Crippen molar-refractivity contribution in [1.82, 2.24) is 0 Å².